The number of carbonyl (C=O) groups is 5. The molecule has 0 unspecified atom stereocenters. The van der Waals surface area contributed by atoms with E-state index in [1.165, 1.54) is 12.1 Å². The standard InChI is InChI=1S/C46H57F2N4O8PS3/c1-29(2)22-41(53)62-20-18-59-61(58,60-19-21-63-42(54)23-30(3)4)46(47,48)34-14-17-39-32(24-34)25-40(64-39)43(55)50-37-13-9-8-12-35-15-16-38(52(35)44(37)56)45(57)51-27-33(26-49)36(28-51)31-10-6-5-7-11-31/h5-7,10-11,14,17,24-25,29-30,33,35-38H,8-9,12-13,15-16,18-23,27-28H2,1-4H3,(H,50,55)/t33-,35+,36+,37+,38+/m1/s1. The molecule has 0 bridgehead atoms. The average Bonchev–Trinajstić information content (AvgIpc) is 4.01. The van der Waals surface area contributed by atoms with Crippen molar-refractivity contribution in [2.24, 2.45) is 17.8 Å². The minimum Gasteiger partial charge on any atom is -0.340 e. The van der Waals surface area contributed by atoms with Crippen molar-refractivity contribution >= 4 is 80.5 Å². The predicted molar refractivity (Wildman–Crippen MR) is 247 cm³/mol. The topological polar surface area (TPSA) is 163 Å². The summed E-state index contributed by atoms with van der Waals surface area (Å²) in [6.07, 6.45) is 4.30. The number of amides is 3. The minimum atomic E-state index is -5.24. The molecule has 3 saturated heterocycles. The zero-order chi connectivity index (χ0) is 46.2. The number of hydrogen-bond donors (Lipinski definition) is 1. The Hall–Kier alpha value is -3.65. The number of likely N-dealkylation sites (tertiary alicyclic amines) is 1. The number of rotatable bonds is 18. The van der Waals surface area contributed by atoms with Gasteiger partial charge in [0.2, 0.25) is 11.8 Å². The lowest BCUT2D eigenvalue weighted by molar-refractivity contribution is -0.146. The van der Waals surface area contributed by atoms with Gasteiger partial charge in [-0.2, -0.15) is 14.0 Å². The number of halogens is 2. The molecule has 6 rings (SSSR count). The molecule has 3 aromatic rings. The number of nitrogens with zero attached hydrogens (tertiary/aromatic N) is 3. The van der Waals surface area contributed by atoms with Crippen molar-refractivity contribution < 1.29 is 46.4 Å². The first kappa shape index (κ1) is 49.8. The van der Waals surface area contributed by atoms with Crippen molar-refractivity contribution in [1.29, 1.82) is 5.26 Å². The number of thiophene rings is 1. The summed E-state index contributed by atoms with van der Waals surface area (Å²) in [7, 11) is -5.24. The van der Waals surface area contributed by atoms with Crippen LogP contribution in [0.4, 0.5) is 8.78 Å². The zero-order valence-corrected chi connectivity index (χ0v) is 40.0. The highest BCUT2D eigenvalue weighted by Gasteiger charge is 2.55. The Morgan fingerprint density at radius 1 is 0.906 bits per heavy atom. The van der Waals surface area contributed by atoms with Gasteiger partial charge in [0.1, 0.15) is 12.1 Å². The number of carbonyl (C=O) groups excluding carboxylic acids is 5. The van der Waals surface area contributed by atoms with E-state index < -0.39 is 50.0 Å². The van der Waals surface area contributed by atoms with Crippen LogP contribution < -0.4 is 5.32 Å². The lowest BCUT2D eigenvalue weighted by Crippen LogP contribution is -2.56. The number of nitriles is 1. The van der Waals surface area contributed by atoms with Gasteiger partial charge < -0.3 is 24.2 Å². The van der Waals surface area contributed by atoms with E-state index in [0.717, 1.165) is 65.4 Å². The zero-order valence-electron chi connectivity index (χ0n) is 36.7. The van der Waals surface area contributed by atoms with E-state index in [4.69, 9.17) is 9.05 Å². The van der Waals surface area contributed by atoms with Crippen molar-refractivity contribution in [3.05, 3.63) is 70.6 Å². The molecule has 0 aliphatic carbocycles. The van der Waals surface area contributed by atoms with Crippen LogP contribution in [0.25, 0.3) is 10.1 Å². The molecule has 3 amide bonds. The fourth-order valence-electron chi connectivity index (χ4n) is 8.61. The maximum atomic E-state index is 16.4. The van der Waals surface area contributed by atoms with Gasteiger partial charge in [-0.25, -0.2) is 0 Å². The average molecular weight is 959 g/mol. The van der Waals surface area contributed by atoms with Crippen LogP contribution in [0, 0.1) is 29.1 Å². The van der Waals surface area contributed by atoms with Gasteiger partial charge in [0.15, 0.2) is 10.2 Å². The van der Waals surface area contributed by atoms with E-state index in [0.29, 0.717) is 36.9 Å². The van der Waals surface area contributed by atoms with Gasteiger partial charge in [-0.3, -0.25) is 28.5 Å². The van der Waals surface area contributed by atoms with Crippen molar-refractivity contribution in [3.63, 3.8) is 0 Å². The van der Waals surface area contributed by atoms with Gasteiger partial charge in [-0.1, -0.05) is 100 Å². The van der Waals surface area contributed by atoms with Crippen LogP contribution in [-0.2, 0) is 38.5 Å². The Morgan fingerprint density at radius 2 is 1.55 bits per heavy atom. The van der Waals surface area contributed by atoms with Gasteiger partial charge in [0, 0.05) is 59.7 Å². The number of benzene rings is 2. The molecule has 3 aliphatic heterocycles. The Balaban J connectivity index is 1.15. The van der Waals surface area contributed by atoms with E-state index in [1.807, 2.05) is 58.0 Å². The molecule has 0 radical (unpaired) electrons. The van der Waals surface area contributed by atoms with Crippen LogP contribution in [0.1, 0.15) is 106 Å². The van der Waals surface area contributed by atoms with Crippen molar-refractivity contribution in [3.8, 4) is 6.07 Å². The molecule has 346 valence electrons. The normalized spacial score (nSPS) is 21.8. The molecule has 3 fully saturated rings. The first-order chi connectivity index (χ1) is 30.5. The summed E-state index contributed by atoms with van der Waals surface area (Å²) in [5.41, 5.74) is -3.83. The molecule has 3 aliphatic rings. The number of hydrogen-bond acceptors (Lipinski definition) is 12. The molecular weight excluding hydrogens is 902 g/mol. The Bertz CT molecular complexity index is 2220. The first-order valence-electron chi connectivity index (χ1n) is 22.0. The van der Waals surface area contributed by atoms with Crippen LogP contribution in [0.3, 0.4) is 0 Å². The molecule has 0 spiro atoms. The Kier molecular flexibility index (Phi) is 17.3. The summed E-state index contributed by atoms with van der Waals surface area (Å²) in [5.74, 6) is -1.44. The van der Waals surface area contributed by atoms with Crippen molar-refractivity contribution in [1.82, 2.24) is 15.1 Å². The number of fused-ring (bicyclic) bond motifs is 2. The van der Waals surface area contributed by atoms with E-state index in [1.54, 1.807) is 9.80 Å². The summed E-state index contributed by atoms with van der Waals surface area (Å²) in [6, 6.07) is 15.3. The third-order valence-corrected chi connectivity index (χ3v) is 16.6. The maximum Gasteiger partial charge on any atom is 0.404 e. The molecule has 12 nitrogen and oxygen atoms in total. The van der Waals surface area contributed by atoms with Gasteiger partial charge in [-0.15, -0.1) is 11.3 Å². The van der Waals surface area contributed by atoms with Gasteiger partial charge in [0.05, 0.1) is 30.1 Å². The first-order valence-corrected chi connectivity index (χ1v) is 26.3. The van der Waals surface area contributed by atoms with Crippen molar-refractivity contribution in [2.45, 2.75) is 109 Å². The molecule has 18 heteroatoms. The number of nitrogens with one attached hydrogen (secondary N) is 1. The molecule has 1 aromatic heterocycles. The second kappa shape index (κ2) is 22.2. The summed E-state index contributed by atoms with van der Waals surface area (Å²) in [5, 5.41) is 12.8. The highest BCUT2D eigenvalue weighted by Crippen LogP contribution is 2.67. The smallest absolute Gasteiger partial charge is 0.340 e. The summed E-state index contributed by atoms with van der Waals surface area (Å²) < 4.78 is 58.1. The fraction of sp³-hybridized carbons (Fsp3) is 0.565. The Morgan fingerprint density at radius 3 is 2.17 bits per heavy atom. The molecular formula is C46H57F2N4O8PS3. The second-order valence-electron chi connectivity index (χ2n) is 17.5. The third-order valence-electron chi connectivity index (χ3n) is 11.7. The fourth-order valence-corrected chi connectivity index (χ4v) is 13.0. The van der Waals surface area contributed by atoms with Crippen LogP contribution in [-0.4, -0.2) is 93.7 Å². The summed E-state index contributed by atoms with van der Waals surface area (Å²) in [6.45, 7) is 7.28. The van der Waals surface area contributed by atoms with Crippen LogP contribution in [0.5, 0.6) is 0 Å². The van der Waals surface area contributed by atoms with Crippen LogP contribution in [0.15, 0.2) is 54.6 Å². The predicted octanol–water partition coefficient (Wildman–Crippen LogP) is 9.59. The lowest BCUT2D eigenvalue weighted by Gasteiger charge is -2.36. The highest BCUT2D eigenvalue weighted by molar-refractivity contribution is 8.13. The van der Waals surface area contributed by atoms with Crippen LogP contribution >= 0.6 is 42.5 Å². The van der Waals surface area contributed by atoms with Gasteiger partial charge in [0.25, 0.3) is 5.91 Å². The molecule has 5 atom stereocenters. The summed E-state index contributed by atoms with van der Waals surface area (Å²) >= 11 is 2.85. The number of thioether (sulfide) groups is 2. The molecule has 1 N–H and O–H groups in total. The van der Waals surface area contributed by atoms with Gasteiger partial charge in [-0.05, 0) is 66.7 Å². The van der Waals surface area contributed by atoms with E-state index >= 15 is 8.78 Å². The highest BCUT2D eigenvalue weighted by atomic mass is 32.2. The van der Waals surface area contributed by atoms with E-state index in [9.17, 15) is 33.8 Å². The largest absolute Gasteiger partial charge is 0.404 e. The maximum absolute atomic E-state index is 16.4. The minimum absolute atomic E-state index is 0.0199. The van der Waals surface area contributed by atoms with Crippen LogP contribution in [0.2, 0.25) is 0 Å². The van der Waals surface area contributed by atoms with E-state index in [-0.39, 0.29) is 92.9 Å². The lowest BCUT2D eigenvalue weighted by atomic mass is 9.90. The molecule has 4 heterocycles. The van der Waals surface area contributed by atoms with E-state index in [2.05, 4.69) is 11.4 Å². The third kappa shape index (κ3) is 12.0. The monoisotopic (exact) mass is 958 g/mol. The summed E-state index contributed by atoms with van der Waals surface area (Å²) in [4.78, 5) is 70.4. The van der Waals surface area contributed by atoms with Crippen molar-refractivity contribution in [2.75, 3.05) is 37.8 Å². The Labute approximate surface area is 386 Å². The molecule has 64 heavy (non-hydrogen) atoms. The molecule has 0 saturated carbocycles. The second-order valence-corrected chi connectivity index (χ2v) is 23.0. The molecule has 2 aromatic carbocycles. The number of alkyl halides is 2. The SMILES string of the molecule is CC(C)CC(=O)SCCOP(=O)(OCCSC(=O)CC(C)C)C(F)(F)c1ccc2sc(C(=O)N[C@H]3CCCC[C@H]4CC[C@@H](C(=O)N5C[C@@H](C#N)[C@H](c6ccccc6)C5)N4C3=O)cc2c1. The van der Waals surface area contributed by atoms with Gasteiger partial charge >= 0.3 is 13.3 Å². The quantitative estimate of drug-likeness (QED) is 0.0954.